The van der Waals surface area contributed by atoms with Crippen LogP contribution in [0.15, 0.2) is 78.0 Å². The van der Waals surface area contributed by atoms with Gasteiger partial charge in [-0.2, -0.15) is 0 Å². The van der Waals surface area contributed by atoms with Crippen molar-refractivity contribution < 1.29 is 0 Å². The molecule has 11 fully saturated rings. The Morgan fingerprint density at radius 3 is 0.410 bits per heavy atom. The second-order valence-electron chi connectivity index (χ2n) is 72.2. The Kier molecular flexibility index (Phi) is 26.2. The molecule has 20 rings (SSSR count). The Morgan fingerprint density at radius 1 is 0.0764 bits per heavy atom. The molecule has 0 aromatic heterocycles. The van der Waals surface area contributed by atoms with Crippen LogP contribution >= 0.6 is 0 Å². The van der Waals surface area contributed by atoms with Crippen LogP contribution in [0.25, 0.3) is 0 Å². The maximum absolute atomic E-state index is 2.62. The summed E-state index contributed by atoms with van der Waals surface area (Å²) in [6.07, 6.45) is 0. The topological polar surface area (TPSA) is 0 Å². The van der Waals surface area contributed by atoms with Crippen LogP contribution in [0, 0.1) is 238 Å². The van der Waals surface area contributed by atoms with Crippen molar-refractivity contribution in [2.24, 2.45) is 227 Å². The second-order valence-corrected chi connectivity index (χ2v) is 72.2. The molecule has 0 N–H and O–H groups in total. The van der Waals surface area contributed by atoms with E-state index in [1.54, 1.807) is 78.0 Å². The van der Waals surface area contributed by atoms with E-state index in [1.165, 1.54) is 0 Å². The summed E-state index contributed by atoms with van der Waals surface area (Å²) in [6.45, 7) is 213. The van der Waals surface area contributed by atoms with Crippen molar-refractivity contribution in [1.29, 1.82) is 0 Å². The highest BCUT2D eigenvalue weighted by Crippen LogP contribution is 3.00. The first-order chi connectivity index (χ1) is 61.7. The minimum Gasteiger partial charge on any atom is -0.0676 e. The predicted molar refractivity (Wildman–Crippen MR) is 646 cm³/mol. The van der Waals surface area contributed by atoms with Gasteiger partial charge in [-0.3, -0.25) is 0 Å². The van der Waals surface area contributed by atoms with Crippen molar-refractivity contribution in [2.75, 3.05) is 0 Å². The van der Waals surface area contributed by atoms with Crippen molar-refractivity contribution in [3.05, 3.63) is 88.9 Å². The van der Waals surface area contributed by atoms with E-state index in [2.05, 4.69) is 595 Å². The van der Waals surface area contributed by atoms with Crippen LogP contribution in [-0.2, 0) is 0 Å². The Balaban J connectivity index is 0.000000184. The summed E-state index contributed by atoms with van der Waals surface area (Å²) in [5, 5.41) is 0. The molecule has 20 aliphatic carbocycles. The second kappa shape index (κ2) is 30.0. The van der Waals surface area contributed by atoms with Gasteiger partial charge >= 0.3 is 0 Å². The minimum atomic E-state index is 0.230. The SMILES string of the molecule is CC1(C)C(C)(C)C2(C)C(C)(C)C(C)(C)C(C)(C)C2(C)C1(C)C.CC1(C)C(C)(C)C2(C)C(C)(C)C(C)(C1(C)C)C2(C)C.CC1(C)C(C)(C)C2(C)C(C)(C)C1(C)C2(C)C.CC1=C(C)C2(C)C(C)(C)C(C)(C)C(C)(C)C2(C)C1(C)C.CC1=C(C)C2(C)C(C)(C)C(C)(C1(C)C)C2(C)C.CC1=C(C)C2(C)C(C)(C)C(C)=C(C)C2(C)C1(C)C.CC1=C(C)C2(C)C(C)(C)C1(C)C2(C)C.CC1=C(C)C2(C)C(C)=C(C)C(C)(C)C2(C)C1(C)C. The van der Waals surface area contributed by atoms with Crippen LogP contribution in [0.4, 0.5) is 0 Å². The Labute approximate surface area is 905 Å². The summed E-state index contributed by atoms with van der Waals surface area (Å²) in [5.41, 5.74) is 36.9. The molecule has 11 saturated carbocycles. The molecular weight excluding hydrogens is 1730 g/mol. The largest absolute Gasteiger partial charge is 0.0676 e. The molecule has 0 heteroatoms. The van der Waals surface area contributed by atoms with Crippen molar-refractivity contribution in [1.82, 2.24) is 0 Å². The molecule has 0 saturated heterocycles. The third-order valence-corrected chi connectivity index (χ3v) is 73.6. The molecule has 0 aliphatic heterocycles. The Morgan fingerprint density at radius 2 is 0.215 bits per heavy atom. The van der Waals surface area contributed by atoms with Crippen LogP contribution in [0.1, 0.15) is 595 Å². The van der Waals surface area contributed by atoms with Crippen molar-refractivity contribution >= 4 is 0 Å². The van der Waals surface area contributed by atoms with Crippen LogP contribution in [0.5, 0.6) is 0 Å². The van der Waals surface area contributed by atoms with Gasteiger partial charge in [0.15, 0.2) is 0 Å². The van der Waals surface area contributed by atoms with Gasteiger partial charge in [0, 0.05) is 32.5 Å². The highest BCUT2D eigenvalue weighted by Gasteiger charge is 2.95. The zero-order valence-electron chi connectivity index (χ0n) is 115. The fourth-order valence-corrected chi connectivity index (χ4v) is 51.6. The van der Waals surface area contributed by atoms with Crippen molar-refractivity contribution in [2.45, 2.75) is 595 Å². The minimum absolute atomic E-state index is 0.230. The van der Waals surface area contributed by atoms with Gasteiger partial charge in [0.05, 0.1) is 0 Å². The van der Waals surface area contributed by atoms with Gasteiger partial charge in [-0.05, 0) is 303 Å². The van der Waals surface area contributed by atoms with E-state index >= 15 is 0 Å². The predicted octanol–water partition coefficient (Wildman–Crippen LogP) is 46.5. The molecule has 0 amide bonds. The first-order valence-corrected chi connectivity index (χ1v) is 59.5. The van der Waals surface area contributed by atoms with E-state index in [1.807, 2.05) is 0 Å². The van der Waals surface area contributed by atoms with Crippen LogP contribution in [-0.4, -0.2) is 0 Å². The summed E-state index contributed by atoms with van der Waals surface area (Å²) < 4.78 is 0. The monoisotopic (exact) mass is 1990 g/mol. The normalized spacial score (nSPS) is 45.3. The van der Waals surface area contributed by atoms with Crippen molar-refractivity contribution in [3.63, 3.8) is 0 Å². The van der Waals surface area contributed by atoms with Crippen LogP contribution < -0.4 is 0 Å². The molecule has 144 heavy (non-hydrogen) atoms. The molecule has 8 bridgehead atoms. The lowest BCUT2D eigenvalue weighted by molar-refractivity contribution is -0.461. The van der Waals surface area contributed by atoms with Gasteiger partial charge in [0.2, 0.25) is 0 Å². The molecule has 0 radical (unpaired) electrons. The molecular formula is C144H258. The maximum atomic E-state index is 2.62. The smallest absolute Gasteiger partial charge is 0.0162 e. The average Bonchev–Trinajstić information content (AvgIpc) is 1.61. The lowest BCUT2D eigenvalue weighted by atomic mass is 9.11. The summed E-state index contributed by atoms with van der Waals surface area (Å²) in [6, 6.07) is 0. The summed E-state index contributed by atoms with van der Waals surface area (Å²) in [7, 11) is 0. The van der Waals surface area contributed by atoms with Gasteiger partial charge in [0.25, 0.3) is 0 Å². The summed E-state index contributed by atoms with van der Waals surface area (Å²) in [4.78, 5) is 0. The number of allylic oxidation sites excluding steroid dienone is 14. The lowest BCUT2D eigenvalue weighted by Gasteiger charge is -2.93. The van der Waals surface area contributed by atoms with E-state index in [0.29, 0.717) is 125 Å². The summed E-state index contributed by atoms with van der Waals surface area (Å²) in [5.74, 6) is 0. The van der Waals surface area contributed by atoms with Gasteiger partial charge in [-0.15, -0.1) is 0 Å². The third kappa shape index (κ3) is 10.2. The van der Waals surface area contributed by atoms with Crippen molar-refractivity contribution in [3.8, 4) is 0 Å². The van der Waals surface area contributed by atoms with Gasteiger partial charge < -0.3 is 0 Å². The highest BCUT2D eigenvalue weighted by atomic mass is 15.0. The van der Waals surface area contributed by atoms with E-state index in [4.69, 9.17) is 0 Å². The van der Waals surface area contributed by atoms with E-state index in [9.17, 15) is 0 Å². The molecule has 0 nitrogen and oxygen atoms in total. The average molecular weight is 1990 g/mol. The van der Waals surface area contributed by atoms with Crippen LogP contribution in [0.2, 0.25) is 0 Å². The van der Waals surface area contributed by atoms with Gasteiger partial charge in [-0.1, -0.05) is 577 Å². The lowest BCUT2D eigenvalue weighted by Crippen LogP contribution is -2.88. The standard InChI is InChI=1S/C22H42.C20H36.C19H36.2C18H30.C17H30.C16H30.C14H24/c1-15(2)17(5,6)21(13)19(9,10)16(3,4)20(11,12)22(21,14)18(15,7)8;1-13-14(2)19(11)17(7,8)16(5,6)18(9,10)20(19,12)15(13,3)4;1-13(2)14(3,4)18(11)16(7,8)19(12,15(13,5)6)17(18,9)10;1-11-13(3)17(9)16(7,8)12(2)14(4)18(17,10)15(11,5)6;1-11-13(3)17(9)14(4)12(2)16(7,8)18(17,10)15(11,5)6;1-11-12(2)16(9)14(5,6)17(10,13(11,3)4)15(16,7)8;1-11(2)12(3,4)16(10)13(5,6)15(11,9)14(16,7)8;1-9-10(2)14(8)11(3,4)13(9,7)12(14,5)6/h1-14H3;1-12H3;1-12H3;2*1-10H3;1-10H3;1-10H3;1-8H3. The molecule has 0 aromatic rings. The Hall–Kier alpha value is -1.82. The number of hydrogen-bond acceptors (Lipinski definition) is 0. The van der Waals surface area contributed by atoms with E-state index in [-0.39, 0.29) is 114 Å². The Bertz CT molecular complexity index is 5220. The molecule has 20 aliphatic rings. The zero-order valence-corrected chi connectivity index (χ0v) is 115. The summed E-state index contributed by atoms with van der Waals surface area (Å²) >= 11 is 0. The zero-order chi connectivity index (χ0) is 116. The molecule has 0 heterocycles. The molecule has 0 aromatic carbocycles. The number of rotatable bonds is 0. The molecule has 4 atom stereocenters. The van der Waals surface area contributed by atoms with E-state index in [0.717, 1.165) is 0 Å². The van der Waals surface area contributed by atoms with E-state index < -0.39 is 0 Å². The van der Waals surface area contributed by atoms with Crippen LogP contribution in [0.3, 0.4) is 0 Å². The fraction of sp³-hybridized carbons (Fsp3) is 0.903. The van der Waals surface area contributed by atoms with Gasteiger partial charge in [0.1, 0.15) is 0 Å². The highest BCUT2D eigenvalue weighted by molar-refractivity contribution is 5.76. The third-order valence-electron chi connectivity index (χ3n) is 73.6. The van der Waals surface area contributed by atoms with Gasteiger partial charge in [-0.25, -0.2) is 0 Å². The first-order valence-electron chi connectivity index (χ1n) is 59.5. The molecule has 0 spiro atoms. The first kappa shape index (κ1) is 126. The maximum Gasteiger partial charge on any atom is 0.0162 e. The molecule has 4 unspecified atom stereocenters. The molecule has 834 valence electrons. The quantitative estimate of drug-likeness (QED) is 0.212. The number of fused-ring (bicyclic) bond motifs is 8. The fourth-order valence-electron chi connectivity index (χ4n) is 51.6. The number of hydrogen-bond donors (Lipinski definition) is 0.